The number of amides is 1. The molecule has 0 atom stereocenters. The van der Waals surface area contributed by atoms with E-state index in [0.717, 1.165) is 17.5 Å². The summed E-state index contributed by atoms with van der Waals surface area (Å²) in [5.41, 5.74) is 10.2. The molecule has 0 bridgehead atoms. The zero-order valence-electron chi connectivity index (χ0n) is 10.3. The predicted octanol–water partition coefficient (Wildman–Crippen LogP) is 2.69. The highest BCUT2D eigenvalue weighted by molar-refractivity contribution is 5.78. The molecule has 1 aromatic rings. The van der Waals surface area contributed by atoms with Gasteiger partial charge in [0.1, 0.15) is 0 Å². The fourth-order valence-corrected chi connectivity index (χ4v) is 1.42. The first-order chi connectivity index (χ1) is 8.76. The number of nitrogens with one attached hydrogen (secondary N) is 1. The molecule has 0 radical (unpaired) electrons. The highest BCUT2D eigenvalue weighted by Crippen LogP contribution is 2.07. The molecule has 18 heavy (non-hydrogen) atoms. The van der Waals surface area contributed by atoms with E-state index in [1.165, 1.54) is 0 Å². The molecule has 0 saturated carbocycles. The second-order valence-corrected chi connectivity index (χ2v) is 3.74. The van der Waals surface area contributed by atoms with Crippen molar-refractivity contribution in [3.05, 3.63) is 51.9 Å². The zero-order chi connectivity index (χ0) is 13.2. The summed E-state index contributed by atoms with van der Waals surface area (Å²) in [7, 11) is 1.63. The Balaban J connectivity index is 2.49. The summed E-state index contributed by atoms with van der Waals surface area (Å²) < 4.78 is 0. The molecule has 1 rings (SSSR count). The van der Waals surface area contributed by atoms with Gasteiger partial charge >= 0.3 is 0 Å². The van der Waals surface area contributed by atoms with E-state index in [-0.39, 0.29) is 5.91 Å². The summed E-state index contributed by atoms with van der Waals surface area (Å²) in [6, 6.07) is 7.79. The van der Waals surface area contributed by atoms with Gasteiger partial charge in [0.05, 0.1) is 6.42 Å². The molecule has 1 amide bonds. The Labute approximate surface area is 106 Å². The molecule has 1 aromatic carbocycles. The van der Waals surface area contributed by atoms with Crippen LogP contribution in [0.3, 0.4) is 0 Å². The van der Waals surface area contributed by atoms with Crippen molar-refractivity contribution in [1.82, 2.24) is 5.32 Å². The normalized spacial score (nSPS) is 10.1. The second kappa shape index (κ2) is 7.92. The van der Waals surface area contributed by atoms with Gasteiger partial charge in [-0.15, -0.1) is 0 Å². The van der Waals surface area contributed by atoms with Crippen molar-refractivity contribution in [2.75, 3.05) is 13.6 Å². The number of likely N-dealkylation sites (N-methyl/N-ethyl adjacent to an activating group) is 1. The molecule has 0 aliphatic carbocycles. The quantitative estimate of drug-likeness (QED) is 0.355. The largest absolute Gasteiger partial charge is 0.359 e. The maximum absolute atomic E-state index is 11.2. The Morgan fingerprint density at radius 1 is 1.44 bits per heavy atom. The number of hydrogen-bond donors (Lipinski definition) is 1. The first-order valence-corrected chi connectivity index (χ1v) is 5.73. The standard InChI is InChI=1S/C13H16N4O/c1-15-13(18)10-12-7-5-11(6-8-12)4-2-3-9-16-17-14/h2,4-8H,3,9-10H2,1H3,(H,15,18). The van der Waals surface area contributed by atoms with Crippen molar-refractivity contribution in [3.63, 3.8) is 0 Å². The number of benzene rings is 1. The average Bonchev–Trinajstić information content (AvgIpc) is 2.40. The van der Waals surface area contributed by atoms with Gasteiger partial charge in [-0.2, -0.15) is 0 Å². The molecular weight excluding hydrogens is 228 g/mol. The number of nitrogens with zero attached hydrogens (tertiary/aromatic N) is 3. The van der Waals surface area contributed by atoms with Crippen LogP contribution in [0.25, 0.3) is 16.5 Å². The molecule has 5 heteroatoms. The SMILES string of the molecule is CNC(=O)Cc1ccc(C=CCCN=[N+]=[N-])cc1. The van der Waals surface area contributed by atoms with Crippen molar-refractivity contribution in [2.24, 2.45) is 5.11 Å². The highest BCUT2D eigenvalue weighted by atomic mass is 16.1. The van der Waals surface area contributed by atoms with Gasteiger partial charge in [-0.25, -0.2) is 0 Å². The molecule has 0 aliphatic heterocycles. The van der Waals surface area contributed by atoms with Crippen molar-refractivity contribution < 1.29 is 4.79 Å². The Morgan fingerprint density at radius 2 is 2.17 bits per heavy atom. The monoisotopic (exact) mass is 244 g/mol. The lowest BCUT2D eigenvalue weighted by Gasteiger charge is -2.00. The maximum Gasteiger partial charge on any atom is 0.224 e. The van der Waals surface area contributed by atoms with E-state index in [0.29, 0.717) is 13.0 Å². The fraction of sp³-hybridized carbons (Fsp3) is 0.308. The van der Waals surface area contributed by atoms with Gasteiger partial charge in [0, 0.05) is 18.5 Å². The van der Waals surface area contributed by atoms with Crippen LogP contribution in [-0.2, 0) is 11.2 Å². The molecular formula is C13H16N4O. The van der Waals surface area contributed by atoms with Gasteiger partial charge in [-0.05, 0) is 23.1 Å². The minimum Gasteiger partial charge on any atom is -0.359 e. The highest BCUT2D eigenvalue weighted by Gasteiger charge is 1.99. The third-order valence-corrected chi connectivity index (χ3v) is 2.39. The van der Waals surface area contributed by atoms with Crippen molar-refractivity contribution in [1.29, 1.82) is 0 Å². The third kappa shape index (κ3) is 5.18. The molecule has 0 unspecified atom stereocenters. The topological polar surface area (TPSA) is 77.9 Å². The molecule has 0 aliphatic rings. The van der Waals surface area contributed by atoms with E-state index in [4.69, 9.17) is 5.53 Å². The lowest BCUT2D eigenvalue weighted by Crippen LogP contribution is -2.19. The Morgan fingerprint density at radius 3 is 2.78 bits per heavy atom. The minimum atomic E-state index is 0.00709. The Kier molecular flexibility index (Phi) is 6.08. The van der Waals surface area contributed by atoms with Gasteiger partial charge in [-0.3, -0.25) is 4.79 Å². The summed E-state index contributed by atoms with van der Waals surface area (Å²) in [5, 5.41) is 6.03. The lowest BCUT2D eigenvalue weighted by molar-refractivity contribution is -0.119. The van der Waals surface area contributed by atoms with Crippen LogP contribution in [0.1, 0.15) is 17.5 Å². The van der Waals surface area contributed by atoms with Gasteiger partial charge in [-0.1, -0.05) is 41.5 Å². The number of carbonyl (C=O) groups is 1. The van der Waals surface area contributed by atoms with Crippen LogP contribution in [0.2, 0.25) is 0 Å². The summed E-state index contributed by atoms with van der Waals surface area (Å²) >= 11 is 0. The van der Waals surface area contributed by atoms with Crippen molar-refractivity contribution in [2.45, 2.75) is 12.8 Å². The number of azide groups is 1. The van der Waals surface area contributed by atoms with E-state index in [9.17, 15) is 4.79 Å². The van der Waals surface area contributed by atoms with Crippen molar-refractivity contribution in [3.8, 4) is 0 Å². The Hall–Kier alpha value is -2.26. The third-order valence-electron chi connectivity index (χ3n) is 2.39. The van der Waals surface area contributed by atoms with Crippen LogP contribution in [-0.4, -0.2) is 19.5 Å². The zero-order valence-corrected chi connectivity index (χ0v) is 10.3. The summed E-state index contributed by atoms with van der Waals surface area (Å²) in [4.78, 5) is 13.9. The summed E-state index contributed by atoms with van der Waals surface area (Å²) in [6.07, 6.45) is 5.06. The predicted molar refractivity (Wildman–Crippen MR) is 71.9 cm³/mol. The Bertz CT molecular complexity index is 458. The average molecular weight is 244 g/mol. The first kappa shape index (κ1) is 13.8. The smallest absolute Gasteiger partial charge is 0.224 e. The van der Waals surface area contributed by atoms with Gasteiger partial charge < -0.3 is 5.32 Å². The van der Waals surface area contributed by atoms with E-state index >= 15 is 0 Å². The number of carbonyl (C=O) groups excluding carboxylic acids is 1. The van der Waals surface area contributed by atoms with Crippen LogP contribution in [0, 0.1) is 0 Å². The molecule has 0 aromatic heterocycles. The van der Waals surface area contributed by atoms with Crippen LogP contribution >= 0.6 is 0 Å². The van der Waals surface area contributed by atoms with E-state index in [1.54, 1.807) is 7.05 Å². The van der Waals surface area contributed by atoms with E-state index in [2.05, 4.69) is 15.3 Å². The van der Waals surface area contributed by atoms with Crippen molar-refractivity contribution >= 4 is 12.0 Å². The number of rotatable bonds is 6. The van der Waals surface area contributed by atoms with E-state index < -0.39 is 0 Å². The van der Waals surface area contributed by atoms with E-state index in [1.807, 2.05) is 36.4 Å². The molecule has 94 valence electrons. The molecule has 0 fully saturated rings. The molecule has 5 nitrogen and oxygen atoms in total. The maximum atomic E-state index is 11.2. The summed E-state index contributed by atoms with van der Waals surface area (Å²) in [6.45, 7) is 0.474. The number of hydrogen-bond acceptors (Lipinski definition) is 2. The van der Waals surface area contributed by atoms with Gasteiger partial charge in [0.25, 0.3) is 0 Å². The molecule has 0 heterocycles. The molecule has 1 N–H and O–H groups in total. The first-order valence-electron chi connectivity index (χ1n) is 5.73. The van der Waals surface area contributed by atoms with Crippen LogP contribution < -0.4 is 5.32 Å². The molecule has 0 spiro atoms. The molecule has 0 saturated heterocycles. The van der Waals surface area contributed by atoms with Crippen LogP contribution in [0.15, 0.2) is 35.5 Å². The summed E-state index contributed by atoms with van der Waals surface area (Å²) in [5.74, 6) is 0.00709. The fourth-order valence-electron chi connectivity index (χ4n) is 1.42. The second-order valence-electron chi connectivity index (χ2n) is 3.74. The van der Waals surface area contributed by atoms with Crippen LogP contribution in [0.5, 0.6) is 0 Å². The van der Waals surface area contributed by atoms with Crippen LogP contribution in [0.4, 0.5) is 0 Å². The van der Waals surface area contributed by atoms with Gasteiger partial charge in [0.2, 0.25) is 5.91 Å². The minimum absolute atomic E-state index is 0.00709. The lowest BCUT2D eigenvalue weighted by atomic mass is 10.1. The van der Waals surface area contributed by atoms with Gasteiger partial charge in [0.15, 0.2) is 0 Å².